The number of para-hydroxylation sites is 1. The third-order valence-electron chi connectivity index (χ3n) is 6.21. The van der Waals surface area contributed by atoms with Gasteiger partial charge >= 0.3 is 0 Å². The second-order valence-electron chi connectivity index (χ2n) is 8.86. The largest absolute Gasteiger partial charge is 0.362 e. The molecule has 2 N–H and O–H groups in total. The number of rotatable bonds is 8. The lowest BCUT2D eigenvalue weighted by Crippen LogP contribution is -2.32. The second kappa shape index (κ2) is 10.2. The number of sulfonamides is 1. The van der Waals surface area contributed by atoms with E-state index in [0.717, 1.165) is 48.9 Å². The Kier molecular flexibility index (Phi) is 7.36. The van der Waals surface area contributed by atoms with E-state index in [-0.39, 0.29) is 4.90 Å². The van der Waals surface area contributed by atoms with Crippen molar-refractivity contribution in [3.05, 3.63) is 53.6 Å². The smallest absolute Gasteiger partial charge is 0.240 e. The van der Waals surface area contributed by atoms with Crippen LogP contribution in [0.3, 0.4) is 0 Å². The van der Waals surface area contributed by atoms with E-state index in [0.29, 0.717) is 29.4 Å². The van der Waals surface area contributed by atoms with Crippen molar-refractivity contribution in [1.29, 1.82) is 0 Å². The third-order valence-corrected chi connectivity index (χ3v) is 7.90. The van der Waals surface area contributed by atoms with Crippen LogP contribution < -0.4 is 14.9 Å². The van der Waals surface area contributed by atoms with Crippen LogP contribution in [0.2, 0.25) is 5.02 Å². The van der Waals surface area contributed by atoms with Crippen molar-refractivity contribution in [2.24, 2.45) is 11.8 Å². The normalized spacial score (nSPS) is 18.9. The fourth-order valence-electron chi connectivity index (χ4n) is 4.28. The van der Waals surface area contributed by atoms with Crippen LogP contribution in [0.15, 0.2) is 53.4 Å². The van der Waals surface area contributed by atoms with E-state index < -0.39 is 10.0 Å². The van der Waals surface area contributed by atoms with Gasteiger partial charge in [0.15, 0.2) is 0 Å². The third kappa shape index (κ3) is 5.93. The molecule has 2 aromatic carbocycles. The zero-order valence-electron chi connectivity index (χ0n) is 19.0. The maximum absolute atomic E-state index is 12.5. The Morgan fingerprint density at radius 3 is 2.24 bits per heavy atom. The minimum Gasteiger partial charge on any atom is -0.362 e. The van der Waals surface area contributed by atoms with Gasteiger partial charge in [-0.05, 0) is 73.9 Å². The summed E-state index contributed by atoms with van der Waals surface area (Å²) in [5, 5.41) is 4.99. The summed E-state index contributed by atoms with van der Waals surface area (Å²) in [4.78, 5) is 11.6. The number of hydrogen-bond donors (Lipinski definition) is 2. The molecule has 0 atom stereocenters. The summed E-state index contributed by atoms with van der Waals surface area (Å²) in [6.07, 6.45) is 4.09. The van der Waals surface area contributed by atoms with Gasteiger partial charge in [-0.2, -0.15) is 4.98 Å². The van der Waals surface area contributed by atoms with E-state index in [9.17, 15) is 8.42 Å². The molecule has 1 fully saturated rings. The molecule has 0 bridgehead atoms. The SMILES string of the molecule is CN(C)c1nc(NCC2CCC(CNS(=O)(=O)c3ccc(Cl)cc3)CC2)nc2ccccc12. The summed E-state index contributed by atoms with van der Waals surface area (Å²) in [5.74, 6) is 2.42. The molecule has 9 heteroatoms. The van der Waals surface area contributed by atoms with Crippen LogP contribution >= 0.6 is 11.6 Å². The number of halogens is 1. The van der Waals surface area contributed by atoms with Crippen molar-refractivity contribution in [1.82, 2.24) is 14.7 Å². The number of benzene rings is 2. The molecule has 1 saturated carbocycles. The highest BCUT2D eigenvalue weighted by Crippen LogP contribution is 2.29. The molecule has 176 valence electrons. The Labute approximate surface area is 200 Å². The molecule has 0 radical (unpaired) electrons. The van der Waals surface area contributed by atoms with Crippen molar-refractivity contribution in [2.75, 3.05) is 37.4 Å². The first-order valence-corrected chi connectivity index (χ1v) is 13.1. The van der Waals surface area contributed by atoms with E-state index in [1.54, 1.807) is 12.1 Å². The maximum atomic E-state index is 12.5. The summed E-state index contributed by atoms with van der Waals surface area (Å²) in [7, 11) is 0.467. The number of nitrogens with one attached hydrogen (secondary N) is 2. The van der Waals surface area contributed by atoms with Crippen LogP contribution in [0.4, 0.5) is 11.8 Å². The molecule has 0 spiro atoms. The summed E-state index contributed by atoms with van der Waals surface area (Å²) < 4.78 is 27.8. The zero-order chi connectivity index (χ0) is 23.4. The summed E-state index contributed by atoms with van der Waals surface area (Å²) >= 11 is 5.86. The first kappa shape index (κ1) is 23.7. The van der Waals surface area contributed by atoms with Gasteiger partial charge in [-0.15, -0.1) is 0 Å². The first-order chi connectivity index (χ1) is 15.8. The lowest BCUT2D eigenvalue weighted by atomic mass is 9.82. The predicted molar refractivity (Wildman–Crippen MR) is 134 cm³/mol. The molecule has 1 aliphatic carbocycles. The number of aromatic nitrogens is 2. The van der Waals surface area contributed by atoms with Crippen molar-refractivity contribution < 1.29 is 8.42 Å². The van der Waals surface area contributed by atoms with Gasteiger partial charge in [-0.1, -0.05) is 23.7 Å². The molecule has 1 aromatic heterocycles. The monoisotopic (exact) mass is 487 g/mol. The van der Waals surface area contributed by atoms with E-state index in [1.807, 2.05) is 43.3 Å². The zero-order valence-corrected chi connectivity index (χ0v) is 20.5. The molecule has 4 rings (SSSR count). The Hall–Kier alpha value is -2.42. The van der Waals surface area contributed by atoms with Gasteiger partial charge in [-0.3, -0.25) is 0 Å². The second-order valence-corrected chi connectivity index (χ2v) is 11.1. The lowest BCUT2D eigenvalue weighted by molar-refractivity contribution is 0.284. The minimum atomic E-state index is -3.51. The highest BCUT2D eigenvalue weighted by Gasteiger charge is 2.23. The molecule has 0 amide bonds. The molecule has 0 saturated heterocycles. The molecule has 0 unspecified atom stereocenters. The minimum absolute atomic E-state index is 0.247. The Bertz CT molecular complexity index is 1190. The topological polar surface area (TPSA) is 87.2 Å². The van der Waals surface area contributed by atoms with Crippen LogP contribution in [-0.2, 0) is 10.0 Å². The van der Waals surface area contributed by atoms with Crippen molar-refractivity contribution in [3.63, 3.8) is 0 Å². The van der Waals surface area contributed by atoms with Crippen LogP contribution in [-0.4, -0.2) is 45.6 Å². The lowest BCUT2D eigenvalue weighted by Gasteiger charge is -2.28. The molecule has 33 heavy (non-hydrogen) atoms. The van der Waals surface area contributed by atoms with Gasteiger partial charge in [0.2, 0.25) is 16.0 Å². The Morgan fingerprint density at radius 1 is 0.939 bits per heavy atom. The van der Waals surface area contributed by atoms with E-state index >= 15 is 0 Å². The fourth-order valence-corrected chi connectivity index (χ4v) is 5.52. The summed E-state index contributed by atoms with van der Waals surface area (Å²) in [6.45, 7) is 1.28. The molecule has 3 aromatic rings. The molecular weight excluding hydrogens is 458 g/mol. The average Bonchev–Trinajstić information content (AvgIpc) is 2.82. The molecule has 1 heterocycles. The van der Waals surface area contributed by atoms with Gasteiger partial charge in [0, 0.05) is 37.6 Å². The summed E-state index contributed by atoms with van der Waals surface area (Å²) in [5.41, 5.74) is 0.926. The Balaban J connectivity index is 1.28. The van der Waals surface area contributed by atoms with Crippen LogP contribution in [0.1, 0.15) is 25.7 Å². The van der Waals surface area contributed by atoms with Gasteiger partial charge in [0.25, 0.3) is 0 Å². The van der Waals surface area contributed by atoms with Gasteiger partial charge in [0.05, 0.1) is 10.4 Å². The maximum Gasteiger partial charge on any atom is 0.240 e. The number of anilines is 2. The quantitative estimate of drug-likeness (QED) is 0.485. The molecule has 1 aliphatic rings. The first-order valence-electron chi connectivity index (χ1n) is 11.2. The van der Waals surface area contributed by atoms with Crippen molar-refractivity contribution in [2.45, 2.75) is 30.6 Å². The fraction of sp³-hybridized carbons (Fsp3) is 0.417. The van der Waals surface area contributed by atoms with Crippen LogP contribution in [0.25, 0.3) is 10.9 Å². The highest BCUT2D eigenvalue weighted by molar-refractivity contribution is 7.89. The standard InChI is InChI=1S/C24H30ClN5O2S/c1-30(2)23-21-5-3-4-6-22(21)28-24(29-23)26-15-17-7-9-18(10-8-17)16-27-33(31,32)20-13-11-19(25)12-14-20/h3-6,11-14,17-18,27H,7-10,15-16H2,1-2H3,(H,26,28,29). The number of hydrogen-bond acceptors (Lipinski definition) is 6. The van der Waals surface area contributed by atoms with Crippen LogP contribution in [0.5, 0.6) is 0 Å². The van der Waals surface area contributed by atoms with E-state index in [4.69, 9.17) is 16.6 Å². The van der Waals surface area contributed by atoms with Crippen molar-refractivity contribution in [3.8, 4) is 0 Å². The summed E-state index contributed by atoms with van der Waals surface area (Å²) in [6, 6.07) is 14.3. The molecular formula is C24H30ClN5O2S. The van der Waals surface area contributed by atoms with Gasteiger partial charge in [0.1, 0.15) is 5.82 Å². The van der Waals surface area contributed by atoms with Crippen LogP contribution in [0, 0.1) is 11.8 Å². The molecule has 0 aliphatic heterocycles. The average molecular weight is 488 g/mol. The highest BCUT2D eigenvalue weighted by atomic mass is 35.5. The number of fused-ring (bicyclic) bond motifs is 1. The predicted octanol–water partition coefficient (Wildman–Crippen LogP) is 4.55. The molecule has 7 nitrogen and oxygen atoms in total. The van der Waals surface area contributed by atoms with Gasteiger partial charge < -0.3 is 10.2 Å². The van der Waals surface area contributed by atoms with E-state index in [2.05, 4.69) is 15.0 Å². The van der Waals surface area contributed by atoms with Crippen molar-refractivity contribution >= 4 is 44.3 Å². The Morgan fingerprint density at radius 2 is 1.58 bits per heavy atom. The van der Waals surface area contributed by atoms with E-state index in [1.165, 1.54) is 12.1 Å². The van der Waals surface area contributed by atoms with Gasteiger partial charge in [-0.25, -0.2) is 18.1 Å². The number of nitrogens with zero attached hydrogens (tertiary/aromatic N) is 3.